The van der Waals surface area contributed by atoms with Crippen molar-refractivity contribution in [1.29, 1.82) is 0 Å². The summed E-state index contributed by atoms with van der Waals surface area (Å²) in [6.45, 7) is 7.85. The van der Waals surface area contributed by atoms with Crippen LogP contribution in [0.1, 0.15) is 25.8 Å². The van der Waals surface area contributed by atoms with Crippen LogP contribution in [0.25, 0.3) is 0 Å². The lowest BCUT2D eigenvalue weighted by Gasteiger charge is -2.35. The molecule has 138 valence electrons. The predicted octanol–water partition coefficient (Wildman–Crippen LogP) is 3.11. The Morgan fingerprint density at radius 3 is 2.36 bits per heavy atom. The van der Waals surface area contributed by atoms with E-state index in [4.69, 9.17) is 21.1 Å². The molecule has 0 aromatic heterocycles. The first-order valence-electron chi connectivity index (χ1n) is 8.59. The lowest BCUT2D eigenvalue weighted by molar-refractivity contribution is -0.140. The molecular formula is C18H25ClN2O4. The average Bonchev–Trinajstić information content (AvgIpc) is 2.62. The Morgan fingerprint density at radius 1 is 1.16 bits per heavy atom. The van der Waals surface area contributed by atoms with E-state index in [0.717, 1.165) is 5.56 Å². The van der Waals surface area contributed by atoms with Crippen molar-refractivity contribution < 1.29 is 19.1 Å². The van der Waals surface area contributed by atoms with E-state index >= 15 is 0 Å². The number of ether oxygens (including phenoxy) is 2. The van der Waals surface area contributed by atoms with Crippen LogP contribution >= 0.6 is 11.6 Å². The van der Waals surface area contributed by atoms with E-state index in [1.54, 1.807) is 28.9 Å². The third kappa shape index (κ3) is 5.01. The molecule has 0 aliphatic carbocycles. The van der Waals surface area contributed by atoms with Crippen molar-refractivity contribution in [2.45, 2.75) is 33.3 Å². The Hall–Kier alpha value is -1.95. The molecule has 2 amide bonds. The summed E-state index contributed by atoms with van der Waals surface area (Å²) in [7, 11) is 0. The van der Waals surface area contributed by atoms with Gasteiger partial charge in [-0.2, -0.15) is 0 Å². The molecule has 6 nitrogen and oxygen atoms in total. The first kappa shape index (κ1) is 19.4. The Kier molecular flexibility index (Phi) is 6.93. The second-order valence-electron chi connectivity index (χ2n) is 5.94. The lowest BCUT2D eigenvalue weighted by atomic mass is 10.2. The SMILES string of the molecule is CCOC(=O)N1CCN(C(=O)[C@H](CC)Oc2ccc(Cl)c(C)c2)CC1. The van der Waals surface area contributed by atoms with Crippen LogP contribution in [0.3, 0.4) is 0 Å². The fourth-order valence-corrected chi connectivity index (χ4v) is 2.81. The monoisotopic (exact) mass is 368 g/mol. The smallest absolute Gasteiger partial charge is 0.409 e. The Morgan fingerprint density at radius 2 is 1.80 bits per heavy atom. The van der Waals surface area contributed by atoms with Crippen molar-refractivity contribution in [2.24, 2.45) is 0 Å². The first-order valence-corrected chi connectivity index (χ1v) is 8.97. The van der Waals surface area contributed by atoms with E-state index in [2.05, 4.69) is 0 Å². The molecule has 0 saturated carbocycles. The van der Waals surface area contributed by atoms with Crippen molar-refractivity contribution in [1.82, 2.24) is 9.80 Å². The fourth-order valence-electron chi connectivity index (χ4n) is 2.69. The summed E-state index contributed by atoms with van der Waals surface area (Å²) in [4.78, 5) is 27.8. The van der Waals surface area contributed by atoms with E-state index in [9.17, 15) is 9.59 Å². The van der Waals surface area contributed by atoms with Crippen molar-refractivity contribution in [3.05, 3.63) is 28.8 Å². The summed E-state index contributed by atoms with van der Waals surface area (Å²) in [5.41, 5.74) is 0.907. The van der Waals surface area contributed by atoms with Crippen LogP contribution in [0.5, 0.6) is 5.75 Å². The summed E-state index contributed by atoms with van der Waals surface area (Å²) >= 11 is 6.02. The third-order valence-electron chi connectivity index (χ3n) is 4.17. The number of halogens is 1. The molecule has 1 aliphatic rings. The number of piperazine rings is 1. The number of amides is 2. The second kappa shape index (κ2) is 8.94. The molecule has 0 spiro atoms. The molecule has 1 heterocycles. The van der Waals surface area contributed by atoms with Crippen molar-refractivity contribution in [3.8, 4) is 5.75 Å². The Bertz CT molecular complexity index is 615. The molecule has 1 aromatic carbocycles. The summed E-state index contributed by atoms with van der Waals surface area (Å²) < 4.78 is 10.9. The van der Waals surface area contributed by atoms with Gasteiger partial charge in [-0.05, 0) is 44.0 Å². The van der Waals surface area contributed by atoms with Gasteiger partial charge in [-0.3, -0.25) is 4.79 Å². The maximum Gasteiger partial charge on any atom is 0.409 e. The van der Waals surface area contributed by atoms with E-state index in [-0.39, 0.29) is 12.0 Å². The van der Waals surface area contributed by atoms with Gasteiger partial charge in [-0.15, -0.1) is 0 Å². The molecule has 1 saturated heterocycles. The number of hydrogen-bond donors (Lipinski definition) is 0. The zero-order chi connectivity index (χ0) is 18.4. The molecule has 0 radical (unpaired) electrons. The van der Waals surface area contributed by atoms with Crippen molar-refractivity contribution >= 4 is 23.6 Å². The van der Waals surface area contributed by atoms with Gasteiger partial charge in [0.25, 0.3) is 5.91 Å². The molecule has 25 heavy (non-hydrogen) atoms. The van der Waals surface area contributed by atoms with Crippen LogP contribution in [-0.2, 0) is 9.53 Å². The Labute approximate surface area is 153 Å². The van der Waals surface area contributed by atoms with Gasteiger partial charge in [0.15, 0.2) is 6.10 Å². The van der Waals surface area contributed by atoms with E-state index in [1.807, 2.05) is 19.9 Å². The lowest BCUT2D eigenvalue weighted by Crippen LogP contribution is -2.53. The maximum atomic E-state index is 12.7. The molecule has 1 fully saturated rings. The summed E-state index contributed by atoms with van der Waals surface area (Å²) in [5.74, 6) is 0.575. The van der Waals surface area contributed by atoms with Crippen LogP contribution in [0, 0.1) is 6.92 Å². The average molecular weight is 369 g/mol. The molecule has 0 N–H and O–H groups in total. The molecule has 7 heteroatoms. The first-order chi connectivity index (χ1) is 12.0. The van der Waals surface area contributed by atoms with Gasteiger partial charge >= 0.3 is 6.09 Å². The highest BCUT2D eigenvalue weighted by molar-refractivity contribution is 6.31. The minimum absolute atomic E-state index is 0.0568. The molecule has 0 bridgehead atoms. The Balaban J connectivity index is 1.94. The topological polar surface area (TPSA) is 59.1 Å². The van der Waals surface area contributed by atoms with Crippen LogP contribution in [-0.4, -0.2) is 60.7 Å². The summed E-state index contributed by atoms with van der Waals surface area (Å²) in [6, 6.07) is 5.36. The van der Waals surface area contributed by atoms with E-state index in [1.165, 1.54) is 0 Å². The predicted molar refractivity (Wildman–Crippen MR) is 96.1 cm³/mol. The van der Waals surface area contributed by atoms with Gasteiger partial charge in [-0.25, -0.2) is 4.79 Å². The zero-order valence-corrected chi connectivity index (χ0v) is 15.7. The molecule has 0 unspecified atom stereocenters. The van der Waals surface area contributed by atoms with Gasteiger partial charge in [0.2, 0.25) is 0 Å². The zero-order valence-electron chi connectivity index (χ0n) is 15.0. The molecule has 1 aliphatic heterocycles. The van der Waals surface area contributed by atoms with Crippen molar-refractivity contribution in [2.75, 3.05) is 32.8 Å². The van der Waals surface area contributed by atoms with Crippen LogP contribution < -0.4 is 4.74 Å². The molecule has 2 rings (SSSR count). The molecule has 1 aromatic rings. The van der Waals surface area contributed by atoms with Gasteiger partial charge < -0.3 is 19.3 Å². The van der Waals surface area contributed by atoms with Gasteiger partial charge in [0.1, 0.15) is 5.75 Å². The number of nitrogens with zero attached hydrogens (tertiary/aromatic N) is 2. The normalized spacial score (nSPS) is 15.7. The quantitative estimate of drug-likeness (QED) is 0.801. The minimum atomic E-state index is -0.547. The van der Waals surface area contributed by atoms with Crippen LogP contribution in [0.2, 0.25) is 5.02 Å². The number of carbonyl (C=O) groups is 2. The highest BCUT2D eigenvalue weighted by Gasteiger charge is 2.29. The van der Waals surface area contributed by atoms with Gasteiger partial charge in [-0.1, -0.05) is 18.5 Å². The summed E-state index contributed by atoms with van der Waals surface area (Å²) in [5, 5.41) is 0.668. The van der Waals surface area contributed by atoms with Gasteiger partial charge in [0.05, 0.1) is 6.61 Å². The standard InChI is InChI=1S/C18H25ClN2O4/c1-4-16(25-14-6-7-15(19)13(3)12-14)17(22)20-8-10-21(11-9-20)18(23)24-5-2/h6-7,12,16H,4-5,8-11H2,1-3H3/t16-/m0/s1. The van der Waals surface area contributed by atoms with Crippen molar-refractivity contribution in [3.63, 3.8) is 0 Å². The molecule has 1 atom stereocenters. The van der Waals surface area contributed by atoms with Crippen LogP contribution in [0.15, 0.2) is 18.2 Å². The number of carbonyl (C=O) groups excluding carboxylic acids is 2. The highest BCUT2D eigenvalue weighted by atomic mass is 35.5. The highest BCUT2D eigenvalue weighted by Crippen LogP contribution is 2.23. The number of aryl methyl sites for hydroxylation is 1. The third-order valence-corrected chi connectivity index (χ3v) is 4.60. The van der Waals surface area contributed by atoms with E-state index in [0.29, 0.717) is 50.0 Å². The number of benzene rings is 1. The second-order valence-corrected chi connectivity index (χ2v) is 6.34. The van der Waals surface area contributed by atoms with Gasteiger partial charge in [0, 0.05) is 31.2 Å². The molecular weight excluding hydrogens is 344 g/mol. The summed E-state index contributed by atoms with van der Waals surface area (Å²) in [6.07, 6.45) is -0.303. The largest absolute Gasteiger partial charge is 0.481 e. The van der Waals surface area contributed by atoms with Crippen LogP contribution in [0.4, 0.5) is 4.79 Å². The fraction of sp³-hybridized carbons (Fsp3) is 0.556. The number of rotatable bonds is 5. The maximum absolute atomic E-state index is 12.7. The minimum Gasteiger partial charge on any atom is -0.481 e. The number of hydrogen-bond acceptors (Lipinski definition) is 4. The van der Waals surface area contributed by atoms with E-state index < -0.39 is 6.10 Å².